The maximum absolute atomic E-state index is 5.92. The smallest absolute Gasteiger partial charge is 0.0905 e. The Balaban J connectivity index is 2.69. The average Bonchev–Trinajstić information content (AvgIpc) is 2.27. The summed E-state index contributed by atoms with van der Waals surface area (Å²) in [6.45, 7) is 0. The van der Waals surface area contributed by atoms with E-state index in [1.807, 2.05) is 18.2 Å². The number of hydrogen-bond acceptors (Lipinski definition) is 2. The highest BCUT2D eigenvalue weighted by atomic mass is 127. The molecular weight excluding hydrogens is 437 g/mol. The van der Waals surface area contributed by atoms with Gasteiger partial charge in [-0.2, -0.15) is 0 Å². The minimum absolute atomic E-state index is 0.707. The average molecular weight is 444 g/mol. The quantitative estimate of drug-likeness (QED) is 0.514. The van der Waals surface area contributed by atoms with Crippen LogP contribution < -0.4 is 0 Å². The Kier molecular flexibility index (Phi) is 4.00. The zero-order chi connectivity index (χ0) is 10.8. The molecule has 0 spiro atoms. The monoisotopic (exact) mass is 444 g/mol. The molecule has 5 heteroatoms. The van der Waals surface area contributed by atoms with Crippen LogP contribution >= 0.6 is 56.8 Å². The van der Waals surface area contributed by atoms with Gasteiger partial charge in [-0.3, -0.25) is 0 Å². The van der Waals surface area contributed by atoms with E-state index in [2.05, 4.69) is 55.1 Å². The second kappa shape index (κ2) is 5.09. The molecule has 15 heavy (non-hydrogen) atoms. The van der Waals surface area contributed by atoms with Crippen LogP contribution in [0.3, 0.4) is 0 Å². The largest absolute Gasteiger partial charge is 0.248 e. The van der Waals surface area contributed by atoms with E-state index in [9.17, 15) is 0 Å². The standard InChI is InChI=1S/C10H7ClI2N2/c11-6-1-2-7-8(3-6)15-10(5-13)9(4-12)14-7/h1-3H,4-5H2. The lowest BCUT2D eigenvalue weighted by atomic mass is 10.2. The van der Waals surface area contributed by atoms with Gasteiger partial charge in [-0.05, 0) is 18.2 Å². The highest BCUT2D eigenvalue weighted by Crippen LogP contribution is 2.20. The molecule has 0 atom stereocenters. The third-order valence-electron chi connectivity index (χ3n) is 2.03. The van der Waals surface area contributed by atoms with Crippen LogP contribution in [0.15, 0.2) is 18.2 Å². The lowest BCUT2D eigenvalue weighted by Crippen LogP contribution is -1.98. The molecule has 0 amide bonds. The molecule has 78 valence electrons. The Morgan fingerprint density at radius 2 is 1.60 bits per heavy atom. The lowest BCUT2D eigenvalue weighted by molar-refractivity contribution is 1.09. The number of alkyl halides is 2. The normalized spacial score (nSPS) is 10.9. The molecule has 0 N–H and O–H groups in total. The van der Waals surface area contributed by atoms with Gasteiger partial charge in [-0.1, -0.05) is 56.8 Å². The van der Waals surface area contributed by atoms with Gasteiger partial charge in [0.05, 0.1) is 22.4 Å². The van der Waals surface area contributed by atoms with Crippen LogP contribution in [0.1, 0.15) is 11.4 Å². The van der Waals surface area contributed by atoms with Gasteiger partial charge in [-0.15, -0.1) is 0 Å². The Morgan fingerprint density at radius 1 is 1.00 bits per heavy atom. The molecule has 0 aliphatic heterocycles. The first-order valence-electron chi connectivity index (χ1n) is 4.31. The van der Waals surface area contributed by atoms with Gasteiger partial charge in [0.15, 0.2) is 0 Å². The topological polar surface area (TPSA) is 25.8 Å². The first-order valence-corrected chi connectivity index (χ1v) is 7.74. The summed E-state index contributed by atoms with van der Waals surface area (Å²) >= 11 is 10.5. The van der Waals surface area contributed by atoms with Crippen LogP contribution in [0.4, 0.5) is 0 Å². The van der Waals surface area contributed by atoms with Crippen LogP contribution in [0, 0.1) is 0 Å². The molecule has 2 aromatic rings. The van der Waals surface area contributed by atoms with Crippen LogP contribution in [0.25, 0.3) is 11.0 Å². The van der Waals surface area contributed by atoms with E-state index in [0.717, 1.165) is 31.3 Å². The van der Waals surface area contributed by atoms with Crippen molar-refractivity contribution in [2.24, 2.45) is 0 Å². The van der Waals surface area contributed by atoms with Gasteiger partial charge in [0.2, 0.25) is 0 Å². The molecular formula is C10H7ClI2N2. The van der Waals surface area contributed by atoms with Crippen molar-refractivity contribution in [3.8, 4) is 0 Å². The van der Waals surface area contributed by atoms with Gasteiger partial charge in [0, 0.05) is 13.9 Å². The van der Waals surface area contributed by atoms with Gasteiger partial charge < -0.3 is 0 Å². The number of benzene rings is 1. The Morgan fingerprint density at radius 3 is 2.20 bits per heavy atom. The van der Waals surface area contributed by atoms with Crippen molar-refractivity contribution in [1.82, 2.24) is 9.97 Å². The van der Waals surface area contributed by atoms with E-state index in [-0.39, 0.29) is 0 Å². The number of fused-ring (bicyclic) bond motifs is 1. The van der Waals surface area contributed by atoms with E-state index in [4.69, 9.17) is 11.6 Å². The molecule has 1 aromatic heterocycles. The summed E-state index contributed by atoms with van der Waals surface area (Å²) in [5.41, 5.74) is 3.92. The fourth-order valence-corrected chi connectivity index (χ4v) is 2.70. The molecule has 0 aliphatic rings. The second-order valence-electron chi connectivity index (χ2n) is 3.02. The highest BCUT2D eigenvalue weighted by Gasteiger charge is 2.06. The zero-order valence-electron chi connectivity index (χ0n) is 7.67. The third-order valence-corrected chi connectivity index (χ3v) is 3.71. The molecule has 1 heterocycles. The van der Waals surface area contributed by atoms with Gasteiger partial charge in [0.1, 0.15) is 0 Å². The molecule has 0 bridgehead atoms. The summed E-state index contributed by atoms with van der Waals surface area (Å²) in [6, 6.07) is 5.62. The first-order chi connectivity index (χ1) is 7.24. The number of aromatic nitrogens is 2. The van der Waals surface area contributed by atoms with Gasteiger partial charge >= 0.3 is 0 Å². The molecule has 0 saturated heterocycles. The van der Waals surface area contributed by atoms with Crippen molar-refractivity contribution in [3.63, 3.8) is 0 Å². The predicted octanol–water partition coefficient (Wildman–Crippen LogP) is 4.15. The van der Waals surface area contributed by atoms with Crippen molar-refractivity contribution in [2.75, 3.05) is 0 Å². The van der Waals surface area contributed by atoms with Crippen molar-refractivity contribution in [1.29, 1.82) is 0 Å². The molecule has 2 rings (SSSR count). The van der Waals surface area contributed by atoms with Gasteiger partial charge in [-0.25, -0.2) is 9.97 Å². The summed E-state index contributed by atoms with van der Waals surface area (Å²) in [6.07, 6.45) is 0. The Hall–Kier alpha value is 0.310. The molecule has 0 fully saturated rings. The molecule has 0 saturated carbocycles. The summed E-state index contributed by atoms with van der Waals surface area (Å²) in [7, 11) is 0. The van der Waals surface area contributed by atoms with E-state index >= 15 is 0 Å². The van der Waals surface area contributed by atoms with E-state index in [1.165, 1.54) is 0 Å². The molecule has 1 aromatic carbocycles. The van der Waals surface area contributed by atoms with E-state index in [0.29, 0.717) is 5.02 Å². The van der Waals surface area contributed by atoms with Crippen molar-refractivity contribution < 1.29 is 0 Å². The van der Waals surface area contributed by atoms with E-state index < -0.39 is 0 Å². The zero-order valence-corrected chi connectivity index (χ0v) is 12.7. The number of nitrogens with zero attached hydrogens (tertiary/aromatic N) is 2. The van der Waals surface area contributed by atoms with Crippen molar-refractivity contribution >= 4 is 67.8 Å². The minimum atomic E-state index is 0.707. The fraction of sp³-hybridized carbons (Fsp3) is 0.200. The lowest BCUT2D eigenvalue weighted by Gasteiger charge is -2.05. The summed E-state index contributed by atoms with van der Waals surface area (Å²) < 4.78 is 1.77. The SMILES string of the molecule is Clc1ccc2nc(CI)c(CI)nc2c1. The third kappa shape index (κ3) is 2.52. The van der Waals surface area contributed by atoms with Crippen LogP contribution in [0.5, 0.6) is 0 Å². The minimum Gasteiger partial charge on any atom is -0.248 e. The van der Waals surface area contributed by atoms with Crippen molar-refractivity contribution in [2.45, 2.75) is 8.86 Å². The van der Waals surface area contributed by atoms with Crippen LogP contribution in [-0.4, -0.2) is 9.97 Å². The van der Waals surface area contributed by atoms with Crippen LogP contribution in [-0.2, 0) is 8.86 Å². The number of halogens is 3. The predicted molar refractivity (Wildman–Crippen MR) is 80.0 cm³/mol. The number of hydrogen-bond donors (Lipinski definition) is 0. The van der Waals surface area contributed by atoms with Crippen LogP contribution in [0.2, 0.25) is 5.02 Å². The van der Waals surface area contributed by atoms with E-state index in [1.54, 1.807) is 0 Å². The Bertz CT molecular complexity index is 502. The number of rotatable bonds is 2. The highest BCUT2D eigenvalue weighted by molar-refractivity contribution is 14.1. The second-order valence-corrected chi connectivity index (χ2v) is 4.98. The molecule has 0 unspecified atom stereocenters. The maximum Gasteiger partial charge on any atom is 0.0905 e. The maximum atomic E-state index is 5.92. The summed E-state index contributed by atoms with van der Waals surface area (Å²) in [4.78, 5) is 9.14. The van der Waals surface area contributed by atoms with Gasteiger partial charge in [0.25, 0.3) is 0 Å². The molecule has 0 radical (unpaired) electrons. The molecule has 0 aliphatic carbocycles. The van der Waals surface area contributed by atoms with Crippen molar-refractivity contribution in [3.05, 3.63) is 34.6 Å². The fourth-order valence-electron chi connectivity index (χ4n) is 1.31. The summed E-state index contributed by atoms with van der Waals surface area (Å²) in [5.74, 6) is 0. The first kappa shape index (κ1) is 11.8. The summed E-state index contributed by atoms with van der Waals surface area (Å²) in [5, 5.41) is 0.707. The Labute approximate surface area is 120 Å². The molecule has 2 nitrogen and oxygen atoms in total.